The van der Waals surface area contributed by atoms with Crippen LogP contribution in [-0.4, -0.2) is 23.2 Å². The minimum atomic E-state index is -0.489. The van der Waals surface area contributed by atoms with Crippen molar-refractivity contribution in [2.45, 2.75) is 6.92 Å². The summed E-state index contributed by atoms with van der Waals surface area (Å²) in [5, 5.41) is 4.50. The first-order chi connectivity index (χ1) is 12.2. The highest BCUT2D eigenvalue weighted by molar-refractivity contribution is 6.07. The van der Waals surface area contributed by atoms with Crippen LogP contribution in [0.25, 0.3) is 33.8 Å². The van der Waals surface area contributed by atoms with Crippen molar-refractivity contribution in [2.75, 3.05) is 7.11 Å². The first-order valence-corrected chi connectivity index (χ1v) is 7.67. The zero-order valence-corrected chi connectivity index (χ0v) is 13.6. The lowest BCUT2D eigenvalue weighted by atomic mass is 10.0. The van der Waals surface area contributed by atoms with Crippen molar-refractivity contribution in [1.29, 1.82) is 0 Å². The largest absolute Gasteiger partial charge is 0.465 e. The smallest absolute Gasteiger partial charge is 0.338 e. The number of nitrogens with zero attached hydrogens (tertiary/aromatic N) is 2. The van der Waals surface area contributed by atoms with Crippen LogP contribution in [0, 0.1) is 6.92 Å². The zero-order chi connectivity index (χ0) is 17.4. The van der Waals surface area contributed by atoms with Crippen LogP contribution < -0.4 is 0 Å². The number of esters is 1. The van der Waals surface area contributed by atoms with Gasteiger partial charge in [-0.15, -0.1) is 0 Å². The van der Waals surface area contributed by atoms with E-state index in [9.17, 15) is 4.79 Å². The molecule has 0 amide bonds. The molecule has 3 heterocycles. The maximum atomic E-state index is 12.3. The van der Waals surface area contributed by atoms with E-state index in [0.717, 1.165) is 11.1 Å². The van der Waals surface area contributed by atoms with Crippen LogP contribution >= 0.6 is 0 Å². The van der Waals surface area contributed by atoms with Crippen molar-refractivity contribution in [2.24, 2.45) is 0 Å². The van der Waals surface area contributed by atoms with E-state index in [4.69, 9.17) is 13.7 Å². The molecule has 25 heavy (non-hydrogen) atoms. The first kappa shape index (κ1) is 15.1. The molecule has 0 aliphatic carbocycles. The van der Waals surface area contributed by atoms with Crippen molar-refractivity contribution in [3.63, 3.8) is 0 Å². The number of aryl methyl sites for hydroxylation is 1. The fraction of sp³-hybridized carbons (Fsp3) is 0.105. The van der Waals surface area contributed by atoms with Gasteiger partial charge in [-0.2, -0.15) is 0 Å². The molecule has 0 radical (unpaired) electrons. The summed E-state index contributed by atoms with van der Waals surface area (Å²) in [6, 6.07) is 13.0. The van der Waals surface area contributed by atoms with Crippen molar-refractivity contribution in [1.82, 2.24) is 10.1 Å². The number of rotatable bonds is 3. The van der Waals surface area contributed by atoms with Gasteiger partial charge in [0, 0.05) is 5.56 Å². The Morgan fingerprint density at radius 2 is 1.96 bits per heavy atom. The molecule has 6 heteroatoms. The Hall–Kier alpha value is -3.41. The summed E-state index contributed by atoms with van der Waals surface area (Å²) < 4.78 is 15.7. The summed E-state index contributed by atoms with van der Waals surface area (Å²) in [6.45, 7) is 2.01. The van der Waals surface area contributed by atoms with E-state index in [0.29, 0.717) is 28.1 Å². The van der Waals surface area contributed by atoms with Crippen LogP contribution in [0.1, 0.15) is 15.9 Å². The van der Waals surface area contributed by atoms with E-state index in [1.807, 2.05) is 31.2 Å². The van der Waals surface area contributed by atoms with Crippen LogP contribution in [-0.2, 0) is 4.74 Å². The first-order valence-electron chi connectivity index (χ1n) is 7.67. The summed E-state index contributed by atoms with van der Waals surface area (Å²) >= 11 is 0. The molecule has 0 aliphatic rings. The topological polar surface area (TPSA) is 78.4 Å². The van der Waals surface area contributed by atoms with Crippen LogP contribution in [0.4, 0.5) is 0 Å². The van der Waals surface area contributed by atoms with E-state index in [2.05, 4.69) is 10.1 Å². The molecular formula is C19H14N2O4. The third-order valence-corrected chi connectivity index (χ3v) is 3.95. The maximum absolute atomic E-state index is 12.3. The lowest BCUT2D eigenvalue weighted by Crippen LogP contribution is -2.03. The molecule has 0 spiro atoms. The number of ether oxygens (including phenoxy) is 1. The van der Waals surface area contributed by atoms with Gasteiger partial charge in [0.15, 0.2) is 11.5 Å². The summed E-state index contributed by atoms with van der Waals surface area (Å²) in [5.41, 5.74) is 3.62. The highest BCUT2D eigenvalue weighted by Crippen LogP contribution is 2.33. The average molecular weight is 334 g/mol. The van der Waals surface area contributed by atoms with Gasteiger partial charge in [-0.25, -0.2) is 9.78 Å². The molecule has 0 saturated carbocycles. The quantitative estimate of drug-likeness (QED) is 0.521. The van der Waals surface area contributed by atoms with Gasteiger partial charge >= 0.3 is 5.97 Å². The lowest BCUT2D eigenvalue weighted by molar-refractivity contribution is 0.0603. The monoisotopic (exact) mass is 334 g/mol. The molecule has 4 rings (SSSR count). The minimum absolute atomic E-state index is 0.255. The van der Waals surface area contributed by atoms with Crippen LogP contribution in [0.3, 0.4) is 0 Å². The molecule has 3 aromatic heterocycles. The number of hydrogen-bond donors (Lipinski definition) is 0. The molecule has 0 fully saturated rings. The third-order valence-electron chi connectivity index (χ3n) is 3.95. The Morgan fingerprint density at radius 1 is 1.16 bits per heavy atom. The van der Waals surface area contributed by atoms with Gasteiger partial charge in [0.05, 0.1) is 30.0 Å². The molecule has 6 nitrogen and oxygen atoms in total. The number of methoxy groups -OCH3 is 1. The highest BCUT2D eigenvalue weighted by Gasteiger charge is 2.23. The Bertz CT molecular complexity index is 1050. The summed E-state index contributed by atoms with van der Waals surface area (Å²) in [5.74, 6) is 0.00515. The molecule has 0 saturated heterocycles. The van der Waals surface area contributed by atoms with Gasteiger partial charge < -0.3 is 13.7 Å². The molecule has 0 bridgehead atoms. The number of aromatic nitrogens is 2. The highest BCUT2D eigenvalue weighted by atomic mass is 16.5. The van der Waals surface area contributed by atoms with E-state index >= 15 is 0 Å². The van der Waals surface area contributed by atoms with E-state index in [1.165, 1.54) is 13.4 Å². The average Bonchev–Trinajstić information content (AvgIpc) is 3.30. The molecule has 0 aliphatic heterocycles. The molecule has 4 aromatic rings. The van der Waals surface area contributed by atoms with Gasteiger partial charge in [-0.05, 0) is 25.1 Å². The van der Waals surface area contributed by atoms with Crippen LogP contribution in [0.5, 0.6) is 0 Å². The lowest BCUT2D eigenvalue weighted by Gasteiger charge is -2.06. The standard InChI is InChI=1S/C19H14N2O4/c1-11-5-7-12(8-6-11)14-10-13(19(22)23-2)16-17(15-4-3-9-24-15)21-25-18(16)20-14/h3-10H,1-2H3. The van der Waals surface area contributed by atoms with Gasteiger partial charge in [0.1, 0.15) is 0 Å². The summed E-state index contributed by atoms with van der Waals surface area (Å²) in [7, 11) is 1.33. The predicted molar refractivity (Wildman–Crippen MR) is 91.0 cm³/mol. The van der Waals surface area contributed by atoms with Crippen molar-refractivity contribution >= 4 is 17.1 Å². The van der Waals surface area contributed by atoms with Gasteiger partial charge in [-0.3, -0.25) is 0 Å². The predicted octanol–water partition coefficient (Wildman–Crippen LogP) is 4.24. The van der Waals surface area contributed by atoms with Gasteiger partial charge in [-0.1, -0.05) is 35.0 Å². The second kappa shape index (κ2) is 5.90. The normalized spacial score (nSPS) is 11.0. The Morgan fingerprint density at radius 3 is 2.64 bits per heavy atom. The zero-order valence-electron chi connectivity index (χ0n) is 13.6. The second-order valence-electron chi connectivity index (χ2n) is 5.60. The second-order valence-corrected chi connectivity index (χ2v) is 5.60. The summed E-state index contributed by atoms with van der Waals surface area (Å²) in [4.78, 5) is 16.8. The van der Waals surface area contributed by atoms with E-state index in [1.54, 1.807) is 18.2 Å². The van der Waals surface area contributed by atoms with Crippen molar-refractivity contribution in [3.05, 3.63) is 59.9 Å². The van der Waals surface area contributed by atoms with Gasteiger partial charge in [0.2, 0.25) is 0 Å². The number of carbonyl (C=O) groups is 1. The van der Waals surface area contributed by atoms with E-state index in [-0.39, 0.29) is 5.71 Å². The van der Waals surface area contributed by atoms with Crippen LogP contribution in [0.15, 0.2) is 57.7 Å². The van der Waals surface area contributed by atoms with Crippen molar-refractivity contribution < 1.29 is 18.5 Å². The Balaban J connectivity index is 1.97. The SMILES string of the molecule is COC(=O)c1cc(-c2ccc(C)cc2)nc2onc(-c3ccco3)c12. The number of furan rings is 1. The van der Waals surface area contributed by atoms with Gasteiger partial charge in [0.25, 0.3) is 5.71 Å². The minimum Gasteiger partial charge on any atom is -0.465 e. The fourth-order valence-corrected chi connectivity index (χ4v) is 2.68. The molecule has 0 N–H and O–H groups in total. The molecule has 0 unspecified atom stereocenters. The molecule has 1 aromatic carbocycles. The third kappa shape index (κ3) is 2.57. The molecule has 0 atom stereocenters. The van der Waals surface area contributed by atoms with Crippen molar-refractivity contribution in [3.8, 4) is 22.7 Å². The number of benzene rings is 1. The number of pyridine rings is 1. The molecular weight excluding hydrogens is 320 g/mol. The number of fused-ring (bicyclic) bond motifs is 1. The number of carbonyl (C=O) groups excluding carboxylic acids is 1. The maximum Gasteiger partial charge on any atom is 0.338 e. The fourth-order valence-electron chi connectivity index (χ4n) is 2.68. The summed E-state index contributed by atoms with van der Waals surface area (Å²) in [6.07, 6.45) is 1.53. The van der Waals surface area contributed by atoms with E-state index < -0.39 is 5.97 Å². The number of hydrogen-bond acceptors (Lipinski definition) is 6. The molecule has 124 valence electrons. The Kier molecular flexibility index (Phi) is 3.57. The van der Waals surface area contributed by atoms with Crippen LogP contribution in [0.2, 0.25) is 0 Å². The Labute approximate surface area is 143 Å².